The molecule has 1 atom stereocenters. The van der Waals surface area contributed by atoms with Crippen molar-refractivity contribution in [2.75, 3.05) is 26.7 Å². The number of ether oxygens (including phenoxy) is 1. The largest absolute Gasteiger partial charge is 0.469 e. The van der Waals surface area contributed by atoms with Crippen LogP contribution in [-0.4, -0.2) is 60.2 Å². The van der Waals surface area contributed by atoms with Crippen LogP contribution in [0, 0.1) is 5.92 Å². The van der Waals surface area contributed by atoms with Crippen molar-refractivity contribution in [2.45, 2.75) is 25.7 Å². The third kappa shape index (κ3) is 4.05. The monoisotopic (exact) mass is 436 g/mol. The first-order chi connectivity index (χ1) is 12.9. The van der Waals surface area contributed by atoms with E-state index in [0.717, 1.165) is 17.3 Å². The van der Waals surface area contributed by atoms with Crippen molar-refractivity contribution in [2.24, 2.45) is 5.92 Å². The molecule has 0 aliphatic carbocycles. The van der Waals surface area contributed by atoms with Gasteiger partial charge in [0.25, 0.3) is 11.8 Å². The van der Waals surface area contributed by atoms with Crippen LogP contribution in [0.1, 0.15) is 46.4 Å². The van der Waals surface area contributed by atoms with Crippen LogP contribution in [-0.2, 0) is 14.3 Å². The zero-order valence-corrected chi connectivity index (χ0v) is 16.7. The van der Waals surface area contributed by atoms with E-state index in [-0.39, 0.29) is 42.6 Å². The minimum absolute atomic E-state index is 0.0667. The summed E-state index contributed by atoms with van der Waals surface area (Å²) in [4.78, 5) is 51.8. The summed E-state index contributed by atoms with van der Waals surface area (Å²) < 4.78 is 5.51. The summed E-state index contributed by atoms with van der Waals surface area (Å²) in [5.41, 5.74) is 0.782. The normalized spacial score (nSPS) is 19.3. The van der Waals surface area contributed by atoms with Crippen LogP contribution < -0.4 is 0 Å². The molecule has 1 saturated heterocycles. The van der Waals surface area contributed by atoms with Crippen LogP contribution in [0.15, 0.2) is 22.7 Å². The van der Waals surface area contributed by atoms with E-state index in [0.29, 0.717) is 30.6 Å². The SMILES string of the molecule is COC(=O)C1CCCN(C(=O)CCCN2C(=O)c3ccc(Br)cc3C2=O)C1. The Morgan fingerprint density at radius 2 is 1.96 bits per heavy atom. The number of nitrogens with zero attached hydrogens (tertiary/aromatic N) is 2. The summed E-state index contributed by atoms with van der Waals surface area (Å²) in [7, 11) is 1.35. The molecule has 2 aliphatic rings. The second-order valence-corrected chi connectivity index (χ2v) is 7.67. The summed E-state index contributed by atoms with van der Waals surface area (Å²) >= 11 is 3.30. The van der Waals surface area contributed by atoms with E-state index in [1.165, 1.54) is 12.0 Å². The Morgan fingerprint density at radius 1 is 1.22 bits per heavy atom. The van der Waals surface area contributed by atoms with Gasteiger partial charge in [0.05, 0.1) is 24.2 Å². The Hall–Kier alpha value is -2.22. The Kier molecular flexibility index (Phi) is 5.94. The van der Waals surface area contributed by atoms with Crippen LogP contribution >= 0.6 is 15.9 Å². The fourth-order valence-corrected chi connectivity index (χ4v) is 3.94. The lowest BCUT2D eigenvalue weighted by Gasteiger charge is -2.31. The Morgan fingerprint density at radius 3 is 2.70 bits per heavy atom. The lowest BCUT2D eigenvalue weighted by molar-refractivity contribution is -0.149. The molecule has 1 fully saturated rings. The van der Waals surface area contributed by atoms with Crippen LogP contribution in [0.2, 0.25) is 0 Å². The molecule has 3 amide bonds. The number of hydrogen-bond acceptors (Lipinski definition) is 5. The maximum atomic E-state index is 12.4. The predicted molar refractivity (Wildman–Crippen MR) is 100 cm³/mol. The van der Waals surface area contributed by atoms with Gasteiger partial charge < -0.3 is 9.64 Å². The number of fused-ring (bicyclic) bond motifs is 1. The number of likely N-dealkylation sites (tertiary alicyclic amines) is 1. The number of amides is 3. The summed E-state index contributed by atoms with van der Waals surface area (Å²) in [5.74, 6) is -1.28. The molecule has 2 aliphatic heterocycles. The fraction of sp³-hybridized carbons (Fsp3) is 0.474. The molecule has 1 aromatic rings. The lowest BCUT2D eigenvalue weighted by Crippen LogP contribution is -2.42. The summed E-state index contributed by atoms with van der Waals surface area (Å²) in [6.45, 7) is 1.18. The first-order valence-corrected chi connectivity index (χ1v) is 9.73. The molecular weight excluding hydrogens is 416 g/mol. The molecule has 0 bridgehead atoms. The number of halogens is 1. The molecule has 7 nitrogen and oxygen atoms in total. The summed E-state index contributed by atoms with van der Waals surface area (Å²) in [5, 5.41) is 0. The highest BCUT2D eigenvalue weighted by Gasteiger charge is 2.35. The maximum absolute atomic E-state index is 12.4. The molecule has 0 N–H and O–H groups in total. The number of carbonyl (C=O) groups is 4. The third-order valence-electron chi connectivity index (χ3n) is 5.01. The number of benzene rings is 1. The van der Waals surface area contributed by atoms with E-state index in [2.05, 4.69) is 15.9 Å². The quantitative estimate of drug-likeness (QED) is 0.521. The lowest BCUT2D eigenvalue weighted by atomic mass is 9.98. The second-order valence-electron chi connectivity index (χ2n) is 6.76. The predicted octanol–water partition coefficient (Wildman–Crippen LogP) is 2.24. The van der Waals surface area contributed by atoms with Crippen molar-refractivity contribution in [3.05, 3.63) is 33.8 Å². The first kappa shape index (κ1) is 19.5. The fourth-order valence-electron chi connectivity index (χ4n) is 3.58. The van der Waals surface area contributed by atoms with Crippen molar-refractivity contribution in [1.29, 1.82) is 0 Å². The number of imide groups is 1. The summed E-state index contributed by atoms with van der Waals surface area (Å²) in [6, 6.07) is 5.00. The molecule has 2 heterocycles. The van der Waals surface area contributed by atoms with Gasteiger partial charge in [0.1, 0.15) is 0 Å². The van der Waals surface area contributed by atoms with Gasteiger partial charge in [-0.05, 0) is 37.5 Å². The molecule has 144 valence electrons. The Bertz CT molecular complexity index is 794. The molecule has 0 saturated carbocycles. The van der Waals surface area contributed by atoms with Crippen LogP contribution in [0.4, 0.5) is 0 Å². The van der Waals surface area contributed by atoms with Crippen LogP contribution in [0.25, 0.3) is 0 Å². The smallest absolute Gasteiger partial charge is 0.310 e. The van der Waals surface area contributed by atoms with Gasteiger partial charge in [0.2, 0.25) is 5.91 Å². The number of carbonyl (C=O) groups excluding carboxylic acids is 4. The highest BCUT2D eigenvalue weighted by molar-refractivity contribution is 9.10. The second kappa shape index (κ2) is 8.21. The standard InChI is InChI=1S/C19H21BrN2O5/c1-27-19(26)12-4-2-8-21(11-12)16(23)5-3-9-22-17(24)14-7-6-13(20)10-15(14)18(22)25/h6-7,10,12H,2-5,8-9,11H2,1H3. The van der Waals surface area contributed by atoms with E-state index in [9.17, 15) is 19.2 Å². The van der Waals surface area contributed by atoms with Gasteiger partial charge in [0.15, 0.2) is 0 Å². The molecule has 3 rings (SSSR count). The van der Waals surface area contributed by atoms with Crippen LogP contribution in [0.5, 0.6) is 0 Å². The van der Waals surface area contributed by atoms with E-state index >= 15 is 0 Å². The summed E-state index contributed by atoms with van der Waals surface area (Å²) in [6.07, 6.45) is 2.11. The number of methoxy groups -OCH3 is 1. The molecule has 0 spiro atoms. The number of hydrogen-bond donors (Lipinski definition) is 0. The highest BCUT2D eigenvalue weighted by Crippen LogP contribution is 2.26. The van der Waals surface area contributed by atoms with Gasteiger partial charge in [0, 0.05) is 30.5 Å². The van der Waals surface area contributed by atoms with Gasteiger partial charge in [-0.2, -0.15) is 0 Å². The van der Waals surface area contributed by atoms with Crippen molar-refractivity contribution in [3.8, 4) is 0 Å². The van der Waals surface area contributed by atoms with Crippen molar-refractivity contribution in [1.82, 2.24) is 9.80 Å². The van der Waals surface area contributed by atoms with Crippen LogP contribution in [0.3, 0.4) is 0 Å². The van der Waals surface area contributed by atoms with Crippen molar-refractivity contribution in [3.63, 3.8) is 0 Å². The Balaban J connectivity index is 1.53. The minimum Gasteiger partial charge on any atom is -0.469 e. The molecule has 0 radical (unpaired) electrons. The number of rotatable bonds is 5. The average Bonchev–Trinajstić information content (AvgIpc) is 2.91. The van der Waals surface area contributed by atoms with Gasteiger partial charge in [-0.25, -0.2) is 0 Å². The van der Waals surface area contributed by atoms with E-state index in [1.54, 1.807) is 23.1 Å². The molecule has 0 aromatic heterocycles. The topological polar surface area (TPSA) is 84.0 Å². The zero-order valence-electron chi connectivity index (χ0n) is 15.1. The van der Waals surface area contributed by atoms with Gasteiger partial charge in [-0.3, -0.25) is 24.1 Å². The number of esters is 1. The van der Waals surface area contributed by atoms with Gasteiger partial charge in [-0.1, -0.05) is 15.9 Å². The molecule has 1 aromatic carbocycles. The molecule has 27 heavy (non-hydrogen) atoms. The van der Waals surface area contributed by atoms with Gasteiger partial charge in [-0.15, -0.1) is 0 Å². The first-order valence-electron chi connectivity index (χ1n) is 8.93. The van der Waals surface area contributed by atoms with E-state index in [1.807, 2.05) is 0 Å². The van der Waals surface area contributed by atoms with Crippen molar-refractivity contribution < 1.29 is 23.9 Å². The zero-order chi connectivity index (χ0) is 19.6. The van der Waals surface area contributed by atoms with E-state index < -0.39 is 0 Å². The third-order valence-corrected chi connectivity index (χ3v) is 5.51. The minimum atomic E-state index is -0.326. The maximum Gasteiger partial charge on any atom is 0.310 e. The molecule has 1 unspecified atom stereocenters. The van der Waals surface area contributed by atoms with Crippen molar-refractivity contribution >= 4 is 39.6 Å². The highest BCUT2D eigenvalue weighted by atomic mass is 79.9. The van der Waals surface area contributed by atoms with E-state index in [4.69, 9.17) is 4.74 Å². The number of piperidine rings is 1. The average molecular weight is 437 g/mol. The molecular formula is C19H21BrN2O5. The van der Waals surface area contributed by atoms with Gasteiger partial charge >= 0.3 is 5.97 Å². The molecule has 8 heteroatoms. The Labute approximate surface area is 165 Å².